The van der Waals surface area contributed by atoms with Crippen molar-refractivity contribution in [2.45, 2.75) is 112 Å². The molecule has 13 heteroatoms. The molecule has 6 rings (SSSR count). The molecule has 4 aromatic rings. The molecular weight excluding hydrogens is 771 g/mol. The van der Waals surface area contributed by atoms with Crippen molar-refractivity contribution < 1.29 is 28.7 Å². The van der Waals surface area contributed by atoms with E-state index in [1.165, 1.54) is 17.4 Å². The van der Waals surface area contributed by atoms with Crippen molar-refractivity contribution in [3.63, 3.8) is 0 Å². The third-order valence-corrected chi connectivity index (χ3v) is 12.1. The zero-order chi connectivity index (χ0) is 44.0. The zero-order valence-corrected chi connectivity index (χ0v) is 37.5. The van der Waals surface area contributed by atoms with Gasteiger partial charge in [-0.15, -0.1) is 0 Å². The normalized spacial score (nSPS) is 15.9. The second kappa shape index (κ2) is 19.7. The molecule has 1 fully saturated rings. The number of fused-ring (bicyclic) bond motifs is 2. The minimum atomic E-state index is -0.853. The van der Waals surface area contributed by atoms with E-state index in [0.29, 0.717) is 32.5 Å². The largest absolute Gasteiger partial charge is 0.465 e. The summed E-state index contributed by atoms with van der Waals surface area (Å²) >= 11 is 0. The molecule has 2 aliphatic rings. The highest BCUT2D eigenvalue weighted by atomic mass is 16.5. The number of ether oxygens (including phenoxy) is 2. The number of pyridine rings is 1. The van der Waals surface area contributed by atoms with Gasteiger partial charge in [-0.1, -0.05) is 58.0 Å². The summed E-state index contributed by atoms with van der Waals surface area (Å²) in [7, 11) is 3.31. The number of nitrogens with one attached hydrogen (secondary N) is 3. The SMILES string of the molecule is CCn1c(-c2cc3c(nc2C(C)OC)CNCC3)c(CC(C)(C)COC(C)=O)c2cc(-c3cccc(CC(NC(=O)C(C(C)C)N(C)C=O)C(=O)N4CCCCN4)c3)ccc21. The molecule has 0 radical (unpaired) electrons. The molecule has 2 aromatic heterocycles. The van der Waals surface area contributed by atoms with Crippen molar-refractivity contribution >= 4 is 35.1 Å². The molecular formula is C48H65N7O6. The average Bonchev–Trinajstić information content (AvgIpc) is 3.55. The smallest absolute Gasteiger partial charge is 0.302 e. The molecule has 2 aromatic carbocycles. The third kappa shape index (κ3) is 10.3. The van der Waals surface area contributed by atoms with Gasteiger partial charge in [-0.05, 0) is 98.0 Å². The summed E-state index contributed by atoms with van der Waals surface area (Å²) < 4.78 is 14.0. The standard InChI is InChI=1S/C48H65N7O6/c1-10-54-42-17-16-35(34-15-13-14-33(22-34)23-40(47(59)55-21-12-11-19-50-55)52-46(58)44(30(2)3)53(8)29-56)24-37(42)39(26-48(6,7)28-61-32(5)57)45(54)38-25-36-18-20-49-27-41(36)51-43(38)31(4)60-9/h13-17,22,24-25,29-31,40,44,49-50H,10-12,18-21,23,26-28H2,1-9H3,(H,52,58). The van der Waals surface area contributed by atoms with Gasteiger partial charge in [0, 0.05) is 75.6 Å². The van der Waals surface area contributed by atoms with E-state index < -0.39 is 17.5 Å². The first-order chi connectivity index (χ1) is 29.2. The molecule has 3 unspecified atom stereocenters. The van der Waals surface area contributed by atoms with Gasteiger partial charge in [0.25, 0.3) is 5.91 Å². The van der Waals surface area contributed by atoms with Crippen LogP contribution in [0.4, 0.5) is 0 Å². The van der Waals surface area contributed by atoms with E-state index in [1.807, 2.05) is 32.9 Å². The number of carbonyl (C=O) groups is 4. The van der Waals surface area contributed by atoms with Crippen molar-refractivity contribution in [3.8, 4) is 22.4 Å². The number of benzene rings is 2. The lowest BCUT2D eigenvalue weighted by molar-refractivity contribution is -0.144. The van der Waals surface area contributed by atoms with Crippen LogP contribution in [0.15, 0.2) is 48.5 Å². The van der Waals surface area contributed by atoms with Crippen LogP contribution in [0, 0.1) is 11.3 Å². The van der Waals surface area contributed by atoms with E-state index in [9.17, 15) is 19.2 Å². The second-order valence-corrected chi connectivity index (χ2v) is 17.8. The number of likely N-dealkylation sites (N-methyl/N-ethyl adjacent to an activating group) is 1. The van der Waals surface area contributed by atoms with Crippen molar-refractivity contribution in [2.75, 3.05) is 40.4 Å². The highest BCUT2D eigenvalue weighted by Gasteiger charge is 2.34. The monoisotopic (exact) mass is 835 g/mol. The Morgan fingerprint density at radius 3 is 2.49 bits per heavy atom. The summed E-state index contributed by atoms with van der Waals surface area (Å²) in [4.78, 5) is 58.2. The lowest BCUT2D eigenvalue weighted by Gasteiger charge is -2.33. The number of aromatic nitrogens is 2. The van der Waals surface area contributed by atoms with Crippen molar-refractivity contribution in [2.24, 2.45) is 11.3 Å². The number of hydrogen-bond donors (Lipinski definition) is 3. The van der Waals surface area contributed by atoms with Crippen LogP contribution in [0.5, 0.6) is 0 Å². The van der Waals surface area contributed by atoms with Gasteiger partial charge in [-0.25, -0.2) is 5.43 Å². The summed E-state index contributed by atoms with van der Waals surface area (Å²) in [6.07, 6.45) is 4.02. The molecule has 13 nitrogen and oxygen atoms in total. The van der Waals surface area contributed by atoms with E-state index in [1.54, 1.807) is 19.2 Å². The molecule has 0 saturated carbocycles. The van der Waals surface area contributed by atoms with Crippen molar-refractivity contribution in [1.82, 2.24) is 35.5 Å². The summed E-state index contributed by atoms with van der Waals surface area (Å²) in [5.74, 6) is -1.04. The zero-order valence-electron chi connectivity index (χ0n) is 37.5. The second-order valence-electron chi connectivity index (χ2n) is 17.8. The van der Waals surface area contributed by atoms with Crippen LogP contribution in [0.1, 0.15) is 95.5 Å². The molecule has 0 bridgehead atoms. The summed E-state index contributed by atoms with van der Waals surface area (Å²) in [6.45, 7) is 17.5. The number of rotatable bonds is 17. The maximum absolute atomic E-state index is 14.1. The molecule has 328 valence electrons. The highest BCUT2D eigenvalue weighted by Crippen LogP contribution is 2.42. The van der Waals surface area contributed by atoms with E-state index in [2.05, 4.69) is 77.8 Å². The predicted molar refractivity (Wildman–Crippen MR) is 238 cm³/mol. The van der Waals surface area contributed by atoms with Gasteiger partial charge in [0.15, 0.2) is 0 Å². The Hall–Kier alpha value is -5.11. The van der Waals surface area contributed by atoms with E-state index >= 15 is 0 Å². The lowest BCUT2D eigenvalue weighted by atomic mass is 9.83. The van der Waals surface area contributed by atoms with Gasteiger partial charge in [-0.3, -0.25) is 29.2 Å². The molecule has 61 heavy (non-hydrogen) atoms. The lowest BCUT2D eigenvalue weighted by Crippen LogP contribution is -2.58. The van der Waals surface area contributed by atoms with E-state index in [0.717, 1.165) is 88.2 Å². The number of methoxy groups -OCH3 is 1. The Morgan fingerprint density at radius 2 is 1.82 bits per heavy atom. The van der Waals surface area contributed by atoms with Crippen molar-refractivity contribution in [3.05, 3.63) is 76.6 Å². The number of amides is 3. The number of hydrogen-bond acceptors (Lipinski definition) is 9. The maximum Gasteiger partial charge on any atom is 0.302 e. The number of esters is 1. The Morgan fingerprint density at radius 1 is 1.05 bits per heavy atom. The Balaban J connectivity index is 1.45. The molecule has 2 aliphatic heterocycles. The molecule has 3 atom stereocenters. The summed E-state index contributed by atoms with van der Waals surface area (Å²) in [6, 6.07) is 15.5. The molecule has 0 aliphatic carbocycles. The van der Waals surface area contributed by atoms with Crippen LogP contribution in [-0.2, 0) is 61.0 Å². The molecule has 0 spiro atoms. The Kier molecular flexibility index (Phi) is 14.7. The highest BCUT2D eigenvalue weighted by molar-refractivity contribution is 5.96. The fourth-order valence-electron chi connectivity index (χ4n) is 8.92. The minimum absolute atomic E-state index is 0.159. The van der Waals surface area contributed by atoms with Gasteiger partial charge in [0.1, 0.15) is 12.1 Å². The first-order valence-corrected chi connectivity index (χ1v) is 21.8. The topological polar surface area (TPSA) is 147 Å². The van der Waals surface area contributed by atoms with E-state index in [-0.39, 0.29) is 42.8 Å². The van der Waals surface area contributed by atoms with Gasteiger partial charge >= 0.3 is 5.97 Å². The van der Waals surface area contributed by atoms with Crippen LogP contribution in [0.3, 0.4) is 0 Å². The van der Waals surface area contributed by atoms with Crippen LogP contribution in [-0.4, -0.2) is 96.1 Å². The molecule has 3 N–H and O–H groups in total. The number of carbonyl (C=O) groups excluding carboxylic acids is 4. The fraction of sp³-hybridized carbons (Fsp3) is 0.521. The van der Waals surface area contributed by atoms with Crippen molar-refractivity contribution in [1.29, 1.82) is 0 Å². The number of aryl methyl sites for hydroxylation is 1. The minimum Gasteiger partial charge on any atom is -0.465 e. The van der Waals surface area contributed by atoms with Crippen LogP contribution in [0.25, 0.3) is 33.3 Å². The van der Waals surface area contributed by atoms with Gasteiger partial charge in [0.2, 0.25) is 12.3 Å². The van der Waals surface area contributed by atoms with E-state index in [4.69, 9.17) is 14.5 Å². The number of hydrazine groups is 1. The molecule has 1 saturated heterocycles. The molecule has 4 heterocycles. The first kappa shape index (κ1) is 45.4. The quantitative estimate of drug-likeness (QED) is 0.0844. The molecule has 3 amide bonds. The van der Waals surface area contributed by atoms with Gasteiger partial charge < -0.3 is 29.6 Å². The summed E-state index contributed by atoms with van der Waals surface area (Å²) in [5, 5.41) is 9.22. The predicted octanol–water partition coefficient (Wildman–Crippen LogP) is 6.14. The third-order valence-electron chi connectivity index (χ3n) is 12.1. The fourth-order valence-corrected chi connectivity index (χ4v) is 8.92. The number of nitrogens with zero attached hydrogens (tertiary/aromatic N) is 4. The van der Waals surface area contributed by atoms with Crippen LogP contribution >= 0.6 is 0 Å². The maximum atomic E-state index is 14.1. The average molecular weight is 836 g/mol. The van der Waals surface area contributed by atoms with Crippen LogP contribution < -0.4 is 16.1 Å². The van der Waals surface area contributed by atoms with Gasteiger partial charge in [-0.2, -0.15) is 0 Å². The van der Waals surface area contributed by atoms with Crippen LogP contribution in [0.2, 0.25) is 0 Å². The summed E-state index contributed by atoms with van der Waals surface area (Å²) in [5.41, 5.74) is 13.2. The Bertz CT molecular complexity index is 2230. The van der Waals surface area contributed by atoms with Gasteiger partial charge in [0.05, 0.1) is 29.8 Å². The first-order valence-electron chi connectivity index (χ1n) is 21.8. The Labute approximate surface area is 360 Å².